The highest BCUT2D eigenvalue weighted by atomic mass is 32.1. The Hall–Kier alpha value is -1.82. The molecule has 17 heavy (non-hydrogen) atoms. The van der Waals surface area contributed by atoms with Gasteiger partial charge in [0, 0.05) is 13.5 Å². The van der Waals surface area contributed by atoms with Crippen LogP contribution in [0.3, 0.4) is 0 Å². The molecule has 1 aromatic heterocycles. The van der Waals surface area contributed by atoms with Crippen LogP contribution in [-0.4, -0.2) is 22.5 Å². The summed E-state index contributed by atoms with van der Waals surface area (Å²) in [6, 6.07) is 3.32. The molecule has 3 N–H and O–H groups in total. The number of amides is 1. The van der Waals surface area contributed by atoms with Crippen LogP contribution in [0.1, 0.15) is 12.5 Å². The van der Waals surface area contributed by atoms with Gasteiger partial charge in [-0.2, -0.15) is 0 Å². The number of rotatable bonds is 3. The summed E-state index contributed by atoms with van der Waals surface area (Å²) in [6.45, 7) is 1.97. The predicted octanol–water partition coefficient (Wildman–Crippen LogP) is 0.974. The normalized spacial score (nSPS) is 10.6. The number of aromatic nitrogens is 1. The van der Waals surface area contributed by atoms with Crippen molar-refractivity contribution in [3.05, 3.63) is 27.4 Å². The first kappa shape index (κ1) is 11.7. The molecular weight excluding hydrogens is 240 g/mol. The van der Waals surface area contributed by atoms with Crippen LogP contribution in [0.15, 0.2) is 16.9 Å². The summed E-state index contributed by atoms with van der Waals surface area (Å²) in [6.07, 6.45) is 0.629. The van der Waals surface area contributed by atoms with Crippen molar-refractivity contribution < 1.29 is 9.90 Å². The lowest BCUT2D eigenvalue weighted by Gasteiger charge is -2.04. The molecule has 0 saturated heterocycles. The lowest BCUT2D eigenvalue weighted by molar-refractivity contribution is -0.118. The summed E-state index contributed by atoms with van der Waals surface area (Å²) < 4.78 is 0.750. The second-order valence-electron chi connectivity index (χ2n) is 3.70. The fourth-order valence-electron chi connectivity index (χ4n) is 1.64. The van der Waals surface area contributed by atoms with Gasteiger partial charge < -0.3 is 15.4 Å². The molecule has 0 spiro atoms. The van der Waals surface area contributed by atoms with E-state index in [-0.39, 0.29) is 16.5 Å². The van der Waals surface area contributed by atoms with E-state index in [1.54, 1.807) is 12.1 Å². The van der Waals surface area contributed by atoms with Gasteiger partial charge in [-0.1, -0.05) is 17.4 Å². The lowest BCUT2D eigenvalue weighted by Crippen LogP contribution is -2.22. The average Bonchev–Trinajstić information content (AvgIpc) is 2.64. The molecule has 0 unspecified atom stereocenters. The number of hydrogen-bond acceptors (Lipinski definition) is 4. The van der Waals surface area contributed by atoms with Crippen LogP contribution in [0.4, 0.5) is 0 Å². The lowest BCUT2D eigenvalue weighted by atomic mass is 10.1. The minimum Gasteiger partial charge on any atom is -0.506 e. The highest BCUT2D eigenvalue weighted by molar-refractivity contribution is 7.16. The van der Waals surface area contributed by atoms with Gasteiger partial charge in [-0.25, -0.2) is 0 Å². The second-order valence-corrected chi connectivity index (χ2v) is 4.68. The molecule has 0 bridgehead atoms. The maximum absolute atomic E-state index is 11.3. The third-order valence-corrected chi connectivity index (χ3v) is 3.37. The average molecular weight is 252 g/mol. The summed E-state index contributed by atoms with van der Waals surface area (Å²) >= 11 is 1.07. The minimum atomic E-state index is -0.192. The van der Waals surface area contributed by atoms with Crippen LogP contribution in [-0.2, 0) is 11.2 Å². The van der Waals surface area contributed by atoms with Crippen molar-refractivity contribution in [1.82, 2.24) is 10.3 Å². The molecule has 0 aliphatic rings. The van der Waals surface area contributed by atoms with Gasteiger partial charge in [0.25, 0.3) is 0 Å². The highest BCUT2D eigenvalue weighted by Gasteiger charge is 2.09. The molecule has 0 saturated carbocycles. The van der Waals surface area contributed by atoms with E-state index >= 15 is 0 Å². The Morgan fingerprint density at radius 2 is 2.29 bits per heavy atom. The molecule has 0 atom stereocenters. The predicted molar refractivity (Wildman–Crippen MR) is 66.5 cm³/mol. The SMILES string of the molecule is CC(=O)NCCc1ccc(O)c2[nH]c(=O)sc12. The summed E-state index contributed by atoms with van der Waals surface area (Å²) in [5.74, 6) is -0.0103. The van der Waals surface area contributed by atoms with Crippen molar-refractivity contribution in [2.75, 3.05) is 6.54 Å². The van der Waals surface area contributed by atoms with Gasteiger partial charge in [0.1, 0.15) is 11.3 Å². The molecule has 1 amide bonds. The molecule has 0 radical (unpaired) electrons. The van der Waals surface area contributed by atoms with Crippen molar-refractivity contribution in [1.29, 1.82) is 0 Å². The van der Waals surface area contributed by atoms with E-state index in [4.69, 9.17) is 0 Å². The molecule has 0 aliphatic heterocycles. The number of fused-ring (bicyclic) bond motifs is 1. The third kappa shape index (κ3) is 2.47. The number of nitrogens with one attached hydrogen (secondary N) is 2. The largest absolute Gasteiger partial charge is 0.506 e. The van der Waals surface area contributed by atoms with Gasteiger partial charge in [0.2, 0.25) is 5.91 Å². The van der Waals surface area contributed by atoms with Gasteiger partial charge in [-0.3, -0.25) is 9.59 Å². The van der Waals surface area contributed by atoms with E-state index < -0.39 is 0 Å². The Labute approximate surface area is 101 Å². The van der Waals surface area contributed by atoms with E-state index in [0.29, 0.717) is 18.5 Å². The van der Waals surface area contributed by atoms with Crippen molar-refractivity contribution in [2.24, 2.45) is 0 Å². The third-order valence-electron chi connectivity index (χ3n) is 2.41. The Bertz CT molecular complexity index is 615. The van der Waals surface area contributed by atoms with Crippen molar-refractivity contribution >= 4 is 27.5 Å². The van der Waals surface area contributed by atoms with E-state index in [1.807, 2.05) is 0 Å². The number of phenolic OH excluding ortho intramolecular Hbond substituents is 1. The van der Waals surface area contributed by atoms with Gasteiger partial charge in [0.05, 0.1) is 4.70 Å². The zero-order valence-electron chi connectivity index (χ0n) is 9.24. The zero-order valence-corrected chi connectivity index (χ0v) is 10.1. The Morgan fingerprint density at radius 3 is 3.00 bits per heavy atom. The number of phenols is 1. The molecule has 0 fully saturated rings. The number of H-pyrrole nitrogens is 1. The Morgan fingerprint density at radius 1 is 1.53 bits per heavy atom. The number of thiazole rings is 1. The molecule has 1 heterocycles. The van der Waals surface area contributed by atoms with E-state index in [9.17, 15) is 14.7 Å². The number of benzene rings is 1. The van der Waals surface area contributed by atoms with Crippen molar-refractivity contribution in [2.45, 2.75) is 13.3 Å². The van der Waals surface area contributed by atoms with E-state index in [2.05, 4.69) is 10.3 Å². The number of aromatic amines is 1. The first-order valence-corrected chi connectivity index (χ1v) is 5.97. The Kier molecular flexibility index (Phi) is 3.14. The summed E-state index contributed by atoms with van der Waals surface area (Å²) in [5, 5.41) is 12.3. The van der Waals surface area contributed by atoms with Gasteiger partial charge in [0.15, 0.2) is 0 Å². The molecule has 2 rings (SSSR count). The molecule has 5 nitrogen and oxygen atoms in total. The Balaban J connectivity index is 2.31. The molecular formula is C11H12N2O3S. The van der Waals surface area contributed by atoms with Crippen LogP contribution < -0.4 is 10.2 Å². The molecule has 0 aliphatic carbocycles. The van der Waals surface area contributed by atoms with Crippen LogP contribution >= 0.6 is 11.3 Å². The first-order chi connectivity index (χ1) is 8.08. The summed E-state index contributed by atoms with van der Waals surface area (Å²) in [7, 11) is 0. The van der Waals surface area contributed by atoms with Crippen LogP contribution in [0.25, 0.3) is 10.2 Å². The molecule has 1 aromatic carbocycles. The number of aromatic hydroxyl groups is 1. The van der Waals surface area contributed by atoms with E-state index in [0.717, 1.165) is 21.6 Å². The van der Waals surface area contributed by atoms with Gasteiger partial charge in [-0.15, -0.1) is 0 Å². The van der Waals surface area contributed by atoms with Crippen LogP contribution in [0, 0.1) is 0 Å². The summed E-state index contributed by atoms with van der Waals surface area (Å²) in [5.41, 5.74) is 1.41. The number of carbonyl (C=O) groups is 1. The summed E-state index contributed by atoms with van der Waals surface area (Å²) in [4.78, 5) is 24.4. The van der Waals surface area contributed by atoms with E-state index in [1.165, 1.54) is 6.92 Å². The molecule has 2 aromatic rings. The molecule has 6 heteroatoms. The second kappa shape index (κ2) is 4.58. The number of hydrogen-bond donors (Lipinski definition) is 3. The first-order valence-electron chi connectivity index (χ1n) is 5.16. The molecule has 90 valence electrons. The topological polar surface area (TPSA) is 82.2 Å². The zero-order chi connectivity index (χ0) is 12.4. The van der Waals surface area contributed by atoms with Gasteiger partial charge >= 0.3 is 4.87 Å². The maximum Gasteiger partial charge on any atom is 0.305 e. The fourth-order valence-corrected chi connectivity index (χ4v) is 2.54. The van der Waals surface area contributed by atoms with Gasteiger partial charge in [-0.05, 0) is 18.1 Å². The minimum absolute atomic E-state index is 0.0710. The highest BCUT2D eigenvalue weighted by Crippen LogP contribution is 2.27. The maximum atomic E-state index is 11.3. The number of carbonyl (C=O) groups excluding carboxylic acids is 1. The smallest absolute Gasteiger partial charge is 0.305 e. The van der Waals surface area contributed by atoms with Crippen molar-refractivity contribution in [3.8, 4) is 5.75 Å². The fraction of sp³-hybridized carbons (Fsp3) is 0.273. The van der Waals surface area contributed by atoms with Crippen molar-refractivity contribution in [3.63, 3.8) is 0 Å². The van der Waals surface area contributed by atoms with Crippen LogP contribution in [0.2, 0.25) is 0 Å². The van der Waals surface area contributed by atoms with Crippen LogP contribution in [0.5, 0.6) is 5.75 Å². The monoisotopic (exact) mass is 252 g/mol. The standard InChI is InChI=1S/C11H12N2O3S/c1-6(14)12-5-4-7-2-3-8(15)9-10(7)17-11(16)13-9/h2-3,15H,4-5H2,1H3,(H,12,14)(H,13,16). The quantitative estimate of drug-likeness (QED) is 0.761.